The molecule has 0 radical (unpaired) electrons. The van der Waals surface area contributed by atoms with Gasteiger partial charge in [0.05, 0.1) is 21.9 Å². The van der Waals surface area contributed by atoms with Gasteiger partial charge in [-0.05, 0) is 67.6 Å². The zero-order valence-corrected chi connectivity index (χ0v) is 27.3. The van der Waals surface area contributed by atoms with Crippen LogP contribution in [0.1, 0.15) is 59.7 Å². The molecule has 4 aromatic carbocycles. The van der Waals surface area contributed by atoms with Crippen LogP contribution >= 0.6 is 0 Å². The highest BCUT2D eigenvalue weighted by Gasteiger charge is 2.54. The fourth-order valence-corrected chi connectivity index (χ4v) is 10.2. The van der Waals surface area contributed by atoms with E-state index in [-0.39, 0.29) is 35.0 Å². The summed E-state index contributed by atoms with van der Waals surface area (Å²) in [6, 6.07) is 28.4. The van der Waals surface area contributed by atoms with E-state index in [1.165, 1.54) is 8.61 Å². The van der Waals surface area contributed by atoms with Gasteiger partial charge in [0.25, 0.3) is 0 Å². The summed E-state index contributed by atoms with van der Waals surface area (Å²) in [5, 5.41) is 0. The van der Waals surface area contributed by atoms with Crippen molar-refractivity contribution in [3.05, 3.63) is 131 Å². The molecule has 0 spiro atoms. The minimum absolute atomic E-state index is 0.0371. The molecule has 0 saturated carbocycles. The summed E-state index contributed by atoms with van der Waals surface area (Å²) in [5.41, 5.74) is 4.49. The van der Waals surface area contributed by atoms with Crippen molar-refractivity contribution in [2.24, 2.45) is 5.92 Å². The highest BCUT2D eigenvalue weighted by molar-refractivity contribution is 7.89. The van der Waals surface area contributed by atoms with Gasteiger partial charge in [-0.15, -0.1) is 0 Å². The number of piperidine rings is 2. The highest BCUT2D eigenvalue weighted by Crippen LogP contribution is 2.48. The maximum Gasteiger partial charge on any atom is 0.243 e. The summed E-state index contributed by atoms with van der Waals surface area (Å²) in [4.78, 5) is 14.3. The van der Waals surface area contributed by atoms with E-state index in [4.69, 9.17) is 0 Å². The van der Waals surface area contributed by atoms with Crippen molar-refractivity contribution in [2.45, 2.75) is 68.0 Å². The standard InChI is InChI=1S/C36H38N2O5S2/c1-4-27-14-16-29(17-15-27)33-22-35-32(24-37(33)44(40,41)30-18-10-25(2)11-19-30)36(39)23-34(28-8-6-5-7-9-28)38(35)45(42,43)31-20-12-26(3)13-21-31/h5-21,32-35H,4,22-24H2,1-3H3/t32-,33?,34?,35+/m1/s1. The van der Waals surface area contributed by atoms with Crippen LogP contribution in [0, 0.1) is 19.8 Å². The van der Waals surface area contributed by atoms with E-state index in [1.807, 2.05) is 68.4 Å². The van der Waals surface area contributed by atoms with Crippen molar-refractivity contribution in [3.63, 3.8) is 0 Å². The summed E-state index contributed by atoms with van der Waals surface area (Å²) < 4.78 is 60.7. The summed E-state index contributed by atoms with van der Waals surface area (Å²) in [6.07, 6.45) is 0.933. The second-order valence-corrected chi connectivity index (χ2v) is 15.9. The van der Waals surface area contributed by atoms with Crippen molar-refractivity contribution >= 4 is 25.8 Å². The number of fused-ring (bicyclic) bond motifs is 1. The molecule has 0 aromatic heterocycles. The van der Waals surface area contributed by atoms with Crippen molar-refractivity contribution in [3.8, 4) is 0 Å². The van der Waals surface area contributed by atoms with Gasteiger partial charge < -0.3 is 0 Å². The number of aryl methyl sites for hydroxylation is 3. The fraction of sp³-hybridized carbons (Fsp3) is 0.306. The summed E-state index contributed by atoms with van der Waals surface area (Å²) in [6.45, 7) is 5.74. The van der Waals surface area contributed by atoms with Gasteiger partial charge in [0.2, 0.25) is 20.0 Å². The van der Waals surface area contributed by atoms with Gasteiger partial charge in [-0.2, -0.15) is 8.61 Å². The maximum atomic E-state index is 14.6. The van der Waals surface area contributed by atoms with Gasteiger partial charge in [-0.1, -0.05) is 96.9 Å². The largest absolute Gasteiger partial charge is 0.299 e. The Bertz CT molecular complexity index is 1890. The van der Waals surface area contributed by atoms with Gasteiger partial charge in [0, 0.05) is 24.9 Å². The highest BCUT2D eigenvalue weighted by atomic mass is 32.2. The van der Waals surface area contributed by atoms with Gasteiger partial charge in [0.1, 0.15) is 5.78 Å². The molecule has 2 heterocycles. The number of Topliss-reactive ketones (excluding diaryl/α,β-unsaturated/α-hetero) is 1. The molecule has 2 aliphatic rings. The number of carbonyl (C=O) groups excluding carboxylic acids is 1. The van der Waals surface area contributed by atoms with Gasteiger partial charge in [-0.25, -0.2) is 16.8 Å². The zero-order chi connectivity index (χ0) is 31.9. The SMILES string of the molecule is CCc1ccc(C2C[C@H]3[C@@H](CN2S(=O)(=O)c2ccc(C)cc2)C(=O)CC(c2ccccc2)N3S(=O)(=O)c2ccc(C)cc2)cc1. The Morgan fingerprint density at radius 1 is 0.667 bits per heavy atom. The Hall–Kier alpha value is -3.63. The molecule has 6 rings (SSSR count). The van der Waals surface area contributed by atoms with Crippen LogP contribution in [0.5, 0.6) is 0 Å². The van der Waals surface area contributed by atoms with Crippen LogP contribution in [0.2, 0.25) is 0 Å². The van der Waals surface area contributed by atoms with E-state index in [0.29, 0.717) is 0 Å². The van der Waals surface area contributed by atoms with E-state index >= 15 is 0 Å². The molecule has 4 atom stereocenters. The number of sulfonamides is 2. The molecule has 2 unspecified atom stereocenters. The molecule has 4 aromatic rings. The van der Waals surface area contributed by atoms with Crippen LogP contribution in [0.25, 0.3) is 0 Å². The van der Waals surface area contributed by atoms with Gasteiger partial charge >= 0.3 is 0 Å². The van der Waals surface area contributed by atoms with Crippen molar-refractivity contribution < 1.29 is 21.6 Å². The first-order valence-electron chi connectivity index (χ1n) is 15.4. The molecule has 0 aliphatic carbocycles. The van der Waals surface area contributed by atoms with Gasteiger partial charge in [-0.3, -0.25) is 4.79 Å². The normalized spacial score (nSPS) is 23.0. The predicted molar refractivity (Wildman–Crippen MR) is 175 cm³/mol. The monoisotopic (exact) mass is 642 g/mol. The van der Waals surface area contributed by atoms with Crippen LogP contribution in [0.4, 0.5) is 0 Å². The number of ketones is 1. The molecule has 7 nitrogen and oxygen atoms in total. The van der Waals surface area contributed by atoms with E-state index in [2.05, 4.69) is 6.92 Å². The summed E-state index contributed by atoms with van der Waals surface area (Å²) in [5.74, 6) is -0.954. The number of hydrogen-bond acceptors (Lipinski definition) is 5. The molecule has 45 heavy (non-hydrogen) atoms. The minimum Gasteiger partial charge on any atom is -0.299 e. The zero-order valence-electron chi connectivity index (χ0n) is 25.7. The summed E-state index contributed by atoms with van der Waals surface area (Å²) >= 11 is 0. The fourth-order valence-electron chi connectivity index (χ4n) is 6.72. The molecule has 0 amide bonds. The lowest BCUT2D eigenvalue weighted by Gasteiger charge is -2.51. The molecule has 2 aliphatic heterocycles. The Kier molecular flexibility index (Phi) is 8.56. The number of nitrogens with zero attached hydrogens (tertiary/aromatic N) is 2. The number of hydrogen-bond donors (Lipinski definition) is 0. The summed E-state index contributed by atoms with van der Waals surface area (Å²) in [7, 11) is -8.11. The Balaban J connectivity index is 1.50. The third kappa shape index (κ3) is 5.90. The molecule has 234 valence electrons. The second kappa shape index (κ2) is 12.3. The molecule has 0 N–H and O–H groups in total. The van der Waals surface area contributed by atoms with Crippen LogP contribution in [-0.4, -0.2) is 43.8 Å². The lowest BCUT2D eigenvalue weighted by atomic mass is 9.77. The molecule has 2 fully saturated rings. The molecular formula is C36H38N2O5S2. The third-order valence-corrected chi connectivity index (χ3v) is 13.1. The first-order chi connectivity index (χ1) is 21.5. The van der Waals surface area contributed by atoms with Crippen LogP contribution in [0.3, 0.4) is 0 Å². The lowest BCUT2D eigenvalue weighted by Crippen LogP contribution is -2.60. The number of rotatable bonds is 7. The number of carbonyl (C=O) groups is 1. The molecule has 2 saturated heterocycles. The smallest absolute Gasteiger partial charge is 0.243 e. The van der Waals surface area contributed by atoms with E-state index < -0.39 is 44.1 Å². The van der Waals surface area contributed by atoms with Gasteiger partial charge in [0.15, 0.2) is 0 Å². The molecular weight excluding hydrogens is 605 g/mol. The lowest BCUT2D eigenvalue weighted by molar-refractivity contribution is -0.132. The molecule has 9 heteroatoms. The van der Waals surface area contributed by atoms with Crippen LogP contribution in [0.15, 0.2) is 113 Å². The second-order valence-electron chi connectivity index (χ2n) is 12.2. The quantitative estimate of drug-likeness (QED) is 0.233. The van der Waals surface area contributed by atoms with E-state index in [0.717, 1.165) is 34.2 Å². The topological polar surface area (TPSA) is 91.8 Å². The average Bonchev–Trinajstić information content (AvgIpc) is 3.05. The first kappa shape index (κ1) is 31.4. The van der Waals surface area contributed by atoms with E-state index in [1.54, 1.807) is 48.5 Å². The van der Waals surface area contributed by atoms with Crippen molar-refractivity contribution in [1.82, 2.24) is 8.61 Å². The van der Waals surface area contributed by atoms with Crippen LogP contribution in [-0.2, 0) is 31.3 Å². The first-order valence-corrected chi connectivity index (χ1v) is 18.2. The van der Waals surface area contributed by atoms with E-state index in [9.17, 15) is 21.6 Å². The van der Waals surface area contributed by atoms with Crippen molar-refractivity contribution in [2.75, 3.05) is 6.54 Å². The Morgan fingerprint density at radius 3 is 1.76 bits per heavy atom. The predicted octanol–water partition coefficient (Wildman–Crippen LogP) is 6.39. The third-order valence-electron chi connectivity index (χ3n) is 9.28. The Labute approximate surface area is 266 Å². The average molecular weight is 643 g/mol. The molecule has 0 bridgehead atoms. The van der Waals surface area contributed by atoms with Crippen molar-refractivity contribution in [1.29, 1.82) is 0 Å². The minimum atomic E-state index is -4.08. The number of benzene rings is 4. The maximum absolute atomic E-state index is 14.6. The van der Waals surface area contributed by atoms with Crippen LogP contribution < -0.4 is 0 Å². The Morgan fingerprint density at radius 2 is 1.20 bits per heavy atom.